The van der Waals surface area contributed by atoms with E-state index in [1.54, 1.807) is 25.6 Å². The Morgan fingerprint density at radius 2 is 1.92 bits per heavy atom. The number of aromatic nitrogens is 2. The minimum atomic E-state index is 0.0532. The van der Waals surface area contributed by atoms with Crippen molar-refractivity contribution in [1.29, 1.82) is 0 Å². The molecule has 0 saturated heterocycles. The molecule has 0 amide bonds. The van der Waals surface area contributed by atoms with Crippen LogP contribution in [0.5, 0.6) is 11.5 Å². The molecular weight excluding hydrogens is 350 g/mol. The first-order chi connectivity index (χ1) is 12.7. The van der Waals surface area contributed by atoms with Crippen molar-refractivity contribution in [3.8, 4) is 22.3 Å². The Morgan fingerprint density at radius 3 is 2.62 bits per heavy atom. The zero-order valence-corrected chi connectivity index (χ0v) is 15.9. The van der Waals surface area contributed by atoms with Gasteiger partial charge in [-0.1, -0.05) is 6.07 Å². The quantitative estimate of drug-likeness (QED) is 0.677. The molecule has 0 fully saturated rings. The van der Waals surface area contributed by atoms with Crippen molar-refractivity contribution < 1.29 is 13.9 Å². The van der Waals surface area contributed by atoms with Crippen LogP contribution in [0, 0.1) is 0 Å². The third kappa shape index (κ3) is 3.08. The molecule has 0 spiro atoms. The Hall–Kier alpha value is -2.38. The molecule has 3 aromatic rings. The van der Waals surface area contributed by atoms with Gasteiger partial charge in [0.25, 0.3) is 5.89 Å². The Bertz CT molecular complexity index is 892. The first-order valence-corrected chi connectivity index (χ1v) is 9.42. The fourth-order valence-corrected chi connectivity index (χ4v) is 3.94. The second kappa shape index (κ2) is 7.09. The average Bonchev–Trinajstić information content (AvgIpc) is 3.37. The number of methoxy groups -OCH3 is 2. The topological polar surface area (TPSA) is 60.6 Å². The number of rotatable bonds is 5. The van der Waals surface area contributed by atoms with Gasteiger partial charge in [0.05, 0.1) is 25.1 Å². The van der Waals surface area contributed by atoms with E-state index < -0.39 is 0 Å². The van der Waals surface area contributed by atoms with E-state index in [-0.39, 0.29) is 6.04 Å². The summed E-state index contributed by atoms with van der Waals surface area (Å²) in [6.45, 7) is 3.85. The van der Waals surface area contributed by atoms with Crippen LogP contribution in [0.15, 0.2) is 34.1 Å². The highest BCUT2D eigenvalue weighted by Crippen LogP contribution is 2.35. The van der Waals surface area contributed by atoms with E-state index in [2.05, 4.69) is 34.2 Å². The molecule has 6 nitrogen and oxygen atoms in total. The van der Waals surface area contributed by atoms with Gasteiger partial charge >= 0.3 is 0 Å². The van der Waals surface area contributed by atoms with E-state index >= 15 is 0 Å². The van der Waals surface area contributed by atoms with Gasteiger partial charge in [0.2, 0.25) is 5.89 Å². The fourth-order valence-electron chi connectivity index (χ4n) is 3.29. The zero-order chi connectivity index (χ0) is 18.1. The lowest BCUT2D eigenvalue weighted by atomic mass is 9.97. The predicted octanol–water partition coefficient (Wildman–Crippen LogP) is 3.93. The largest absolute Gasteiger partial charge is 0.493 e. The number of fused-ring (bicyclic) bond motifs is 1. The SMILES string of the molecule is COc1cc2c(cc1OC)CN([C@@H](C)c1nnc(-c3cccs3)o1)CC2. The van der Waals surface area contributed by atoms with Gasteiger partial charge in [-0.05, 0) is 48.1 Å². The number of ether oxygens (including phenoxy) is 2. The van der Waals surface area contributed by atoms with Gasteiger partial charge in [-0.25, -0.2) is 0 Å². The van der Waals surface area contributed by atoms with E-state index in [1.165, 1.54) is 11.1 Å². The molecule has 1 atom stereocenters. The third-order valence-electron chi connectivity index (χ3n) is 4.83. The number of nitrogens with zero attached hydrogens (tertiary/aromatic N) is 3. The molecule has 4 rings (SSSR count). The van der Waals surface area contributed by atoms with Crippen molar-refractivity contribution in [2.45, 2.75) is 25.9 Å². The van der Waals surface area contributed by atoms with Gasteiger partial charge in [0.1, 0.15) is 0 Å². The summed E-state index contributed by atoms with van der Waals surface area (Å²) in [4.78, 5) is 3.34. The van der Waals surface area contributed by atoms with Gasteiger partial charge in [-0.3, -0.25) is 4.90 Å². The summed E-state index contributed by atoms with van der Waals surface area (Å²) in [6, 6.07) is 8.17. The molecule has 0 aliphatic carbocycles. The number of benzene rings is 1. The van der Waals surface area contributed by atoms with E-state index in [0.717, 1.165) is 35.9 Å². The highest BCUT2D eigenvalue weighted by molar-refractivity contribution is 7.13. The Kier molecular flexibility index (Phi) is 4.65. The van der Waals surface area contributed by atoms with Gasteiger partial charge in [-0.2, -0.15) is 0 Å². The molecule has 136 valence electrons. The standard InChI is InChI=1S/C19H21N3O3S/c1-12(18-20-21-19(25-18)17-5-4-8-26-17)22-7-6-13-9-15(23-2)16(24-3)10-14(13)11-22/h4-5,8-10,12H,6-7,11H2,1-3H3/t12-/m0/s1. The van der Waals surface area contributed by atoms with Crippen LogP contribution in [-0.4, -0.2) is 35.9 Å². The lowest BCUT2D eigenvalue weighted by molar-refractivity contribution is 0.166. The monoisotopic (exact) mass is 371 g/mol. The van der Waals surface area contributed by atoms with Crippen LogP contribution in [-0.2, 0) is 13.0 Å². The minimum absolute atomic E-state index is 0.0532. The smallest absolute Gasteiger partial charge is 0.257 e. The van der Waals surface area contributed by atoms with Gasteiger partial charge in [0.15, 0.2) is 11.5 Å². The molecule has 1 aliphatic heterocycles. The van der Waals surface area contributed by atoms with E-state index in [1.807, 2.05) is 17.5 Å². The van der Waals surface area contributed by atoms with Crippen LogP contribution in [0.25, 0.3) is 10.8 Å². The predicted molar refractivity (Wildman–Crippen MR) is 99.7 cm³/mol. The van der Waals surface area contributed by atoms with Gasteiger partial charge in [-0.15, -0.1) is 21.5 Å². The van der Waals surface area contributed by atoms with E-state index in [9.17, 15) is 0 Å². The van der Waals surface area contributed by atoms with Crippen LogP contribution in [0.2, 0.25) is 0 Å². The van der Waals surface area contributed by atoms with Crippen LogP contribution in [0.4, 0.5) is 0 Å². The van der Waals surface area contributed by atoms with Gasteiger partial charge < -0.3 is 13.9 Å². The number of hydrogen-bond donors (Lipinski definition) is 0. The van der Waals surface area contributed by atoms with Crippen molar-refractivity contribution in [2.24, 2.45) is 0 Å². The average molecular weight is 371 g/mol. The van der Waals surface area contributed by atoms with Crippen LogP contribution in [0.1, 0.15) is 30.0 Å². The molecule has 0 unspecified atom stereocenters. The number of thiophene rings is 1. The minimum Gasteiger partial charge on any atom is -0.493 e. The highest BCUT2D eigenvalue weighted by atomic mass is 32.1. The fraction of sp³-hybridized carbons (Fsp3) is 0.368. The summed E-state index contributed by atoms with van der Waals surface area (Å²) >= 11 is 1.60. The second-order valence-corrected chi connectivity index (χ2v) is 7.24. The molecule has 3 heterocycles. The van der Waals surface area contributed by atoms with E-state index in [4.69, 9.17) is 13.9 Å². The molecule has 0 saturated carbocycles. The van der Waals surface area contributed by atoms with Crippen molar-refractivity contribution in [3.05, 3.63) is 46.7 Å². The first-order valence-electron chi connectivity index (χ1n) is 8.54. The molecule has 0 N–H and O–H groups in total. The second-order valence-electron chi connectivity index (χ2n) is 6.30. The van der Waals surface area contributed by atoms with E-state index in [0.29, 0.717) is 11.8 Å². The molecule has 2 aromatic heterocycles. The third-order valence-corrected chi connectivity index (χ3v) is 5.68. The molecule has 0 bridgehead atoms. The van der Waals surface area contributed by atoms with Crippen LogP contribution >= 0.6 is 11.3 Å². The maximum Gasteiger partial charge on any atom is 0.257 e. The van der Waals surface area contributed by atoms with Crippen molar-refractivity contribution in [2.75, 3.05) is 20.8 Å². The Labute approximate surface area is 156 Å². The Morgan fingerprint density at radius 1 is 1.15 bits per heavy atom. The lowest BCUT2D eigenvalue weighted by Crippen LogP contribution is -2.33. The summed E-state index contributed by atoms with van der Waals surface area (Å²) in [7, 11) is 3.33. The highest BCUT2D eigenvalue weighted by Gasteiger charge is 2.27. The van der Waals surface area contributed by atoms with Crippen LogP contribution in [0.3, 0.4) is 0 Å². The van der Waals surface area contributed by atoms with Crippen molar-refractivity contribution >= 4 is 11.3 Å². The van der Waals surface area contributed by atoms with Crippen molar-refractivity contribution in [1.82, 2.24) is 15.1 Å². The summed E-state index contributed by atoms with van der Waals surface area (Å²) in [5, 5.41) is 10.5. The van der Waals surface area contributed by atoms with Gasteiger partial charge in [0, 0.05) is 13.1 Å². The summed E-state index contributed by atoms with van der Waals surface area (Å²) in [5.74, 6) is 2.78. The maximum atomic E-state index is 5.91. The summed E-state index contributed by atoms with van der Waals surface area (Å²) < 4.78 is 16.8. The molecular formula is C19H21N3O3S. The molecule has 0 radical (unpaired) electrons. The Balaban J connectivity index is 1.55. The molecule has 1 aliphatic rings. The van der Waals surface area contributed by atoms with Crippen molar-refractivity contribution in [3.63, 3.8) is 0 Å². The zero-order valence-electron chi connectivity index (χ0n) is 15.1. The molecule has 1 aromatic carbocycles. The van der Waals surface area contributed by atoms with Crippen LogP contribution < -0.4 is 9.47 Å². The summed E-state index contributed by atoms with van der Waals surface area (Å²) in [6.07, 6.45) is 0.950. The number of hydrogen-bond acceptors (Lipinski definition) is 7. The summed E-state index contributed by atoms with van der Waals surface area (Å²) in [5.41, 5.74) is 2.55. The molecule has 26 heavy (non-hydrogen) atoms. The maximum absolute atomic E-state index is 5.91. The first kappa shape index (κ1) is 17.1. The lowest BCUT2D eigenvalue weighted by Gasteiger charge is -2.32. The molecule has 7 heteroatoms. The normalized spacial score (nSPS) is 15.5.